The molecule has 0 saturated carbocycles. The van der Waals surface area contributed by atoms with E-state index in [0.717, 1.165) is 22.3 Å². The van der Waals surface area contributed by atoms with Gasteiger partial charge in [0, 0.05) is 11.1 Å². The van der Waals surface area contributed by atoms with Crippen LogP contribution in [0.15, 0.2) is 110 Å². The third kappa shape index (κ3) is 4.60. The van der Waals surface area contributed by atoms with Gasteiger partial charge in [0.2, 0.25) is 0 Å². The van der Waals surface area contributed by atoms with Gasteiger partial charge >= 0.3 is 0 Å². The predicted octanol–water partition coefficient (Wildman–Crippen LogP) is 7.16. The highest BCUT2D eigenvalue weighted by Crippen LogP contribution is 2.28. The molecular weight excluding hydrogens is 397 g/mol. The average Bonchev–Trinajstić information content (AvgIpc) is 2.85. The van der Waals surface area contributed by atoms with Gasteiger partial charge in [-0.3, -0.25) is 0 Å². The van der Waals surface area contributed by atoms with E-state index in [1.807, 2.05) is 91.9 Å². The summed E-state index contributed by atoms with van der Waals surface area (Å²) in [4.78, 5) is 13.8. The Hall–Kier alpha value is -4.18. The van der Waals surface area contributed by atoms with Crippen molar-refractivity contribution in [1.29, 1.82) is 0 Å². The van der Waals surface area contributed by atoms with E-state index in [0.29, 0.717) is 23.0 Å². The number of hydrogen-bond donors (Lipinski definition) is 0. The van der Waals surface area contributed by atoms with Gasteiger partial charge in [0.15, 0.2) is 17.5 Å². The lowest BCUT2D eigenvalue weighted by molar-refractivity contribution is 0.629. The largest absolute Gasteiger partial charge is 0.208 e. The van der Waals surface area contributed by atoms with Crippen LogP contribution in [0, 0.1) is 5.82 Å². The fourth-order valence-electron chi connectivity index (χ4n) is 3.29. The summed E-state index contributed by atoms with van der Waals surface area (Å²) in [6.45, 7) is 5.76. The molecule has 0 spiro atoms. The first-order chi connectivity index (χ1) is 15.7. The van der Waals surface area contributed by atoms with E-state index in [-0.39, 0.29) is 0 Å². The number of halogens is 1. The highest BCUT2D eigenvalue weighted by Gasteiger charge is 2.15. The van der Waals surface area contributed by atoms with Crippen molar-refractivity contribution in [1.82, 2.24) is 15.0 Å². The average molecular weight is 420 g/mol. The van der Waals surface area contributed by atoms with Crippen LogP contribution in [0.4, 0.5) is 4.39 Å². The van der Waals surface area contributed by atoms with Crippen molar-refractivity contribution in [3.8, 4) is 34.2 Å². The van der Waals surface area contributed by atoms with Crippen LogP contribution in [-0.4, -0.2) is 15.0 Å². The summed E-state index contributed by atoms with van der Waals surface area (Å²) in [6, 6.07) is 24.3. The standard InChI is InChI=1S/C28H22FN3/c1-3-5-12-20(4-2)23-17-18-24(25(29)19-23)28-31-26(21-13-8-6-9-14-21)30-27(32-28)22-15-10-7-11-16-22/h3-19H,2H2,1H3/b5-3-,20-12+. The van der Waals surface area contributed by atoms with Crippen LogP contribution in [0.25, 0.3) is 39.7 Å². The van der Waals surface area contributed by atoms with E-state index in [1.54, 1.807) is 12.1 Å². The zero-order valence-electron chi connectivity index (χ0n) is 17.7. The lowest BCUT2D eigenvalue weighted by Gasteiger charge is -2.10. The third-order valence-electron chi connectivity index (χ3n) is 4.93. The summed E-state index contributed by atoms with van der Waals surface area (Å²) in [5.74, 6) is 0.884. The molecule has 0 N–H and O–H groups in total. The molecule has 0 atom stereocenters. The Labute approximate surface area is 187 Å². The van der Waals surface area contributed by atoms with E-state index in [9.17, 15) is 0 Å². The molecule has 3 aromatic carbocycles. The van der Waals surface area contributed by atoms with Gasteiger partial charge in [-0.25, -0.2) is 19.3 Å². The molecule has 156 valence electrons. The first-order valence-corrected chi connectivity index (χ1v) is 10.3. The monoisotopic (exact) mass is 419 g/mol. The van der Waals surface area contributed by atoms with Crippen molar-refractivity contribution in [2.45, 2.75) is 6.92 Å². The molecule has 0 bridgehead atoms. The van der Waals surface area contributed by atoms with E-state index in [2.05, 4.69) is 21.5 Å². The Morgan fingerprint density at radius 3 is 1.84 bits per heavy atom. The van der Waals surface area contributed by atoms with Gasteiger partial charge in [-0.15, -0.1) is 0 Å². The van der Waals surface area contributed by atoms with Gasteiger partial charge in [-0.1, -0.05) is 97.6 Å². The van der Waals surface area contributed by atoms with Crippen molar-refractivity contribution in [2.75, 3.05) is 0 Å². The summed E-state index contributed by atoms with van der Waals surface area (Å²) in [5, 5.41) is 0. The minimum absolute atomic E-state index is 0.291. The maximum atomic E-state index is 15.2. The Balaban J connectivity index is 1.85. The maximum absolute atomic E-state index is 15.2. The summed E-state index contributed by atoms with van der Waals surface area (Å²) >= 11 is 0. The topological polar surface area (TPSA) is 38.7 Å². The molecule has 0 saturated heterocycles. The van der Waals surface area contributed by atoms with Crippen LogP contribution in [0.3, 0.4) is 0 Å². The number of aromatic nitrogens is 3. The maximum Gasteiger partial charge on any atom is 0.167 e. The van der Waals surface area contributed by atoms with E-state index < -0.39 is 5.82 Å². The second-order valence-corrected chi connectivity index (χ2v) is 7.08. The minimum atomic E-state index is -0.403. The van der Waals surface area contributed by atoms with E-state index >= 15 is 4.39 Å². The van der Waals surface area contributed by atoms with Crippen LogP contribution in [0.5, 0.6) is 0 Å². The summed E-state index contributed by atoms with van der Waals surface area (Å²) in [5.41, 5.74) is 3.57. The van der Waals surface area contributed by atoms with Gasteiger partial charge < -0.3 is 0 Å². The number of allylic oxidation sites excluding steroid dienone is 5. The molecule has 4 heteroatoms. The highest BCUT2D eigenvalue weighted by molar-refractivity contribution is 5.76. The molecular formula is C28H22FN3. The van der Waals surface area contributed by atoms with Gasteiger partial charge in [-0.2, -0.15) is 0 Å². The normalized spacial score (nSPS) is 11.6. The van der Waals surface area contributed by atoms with Crippen LogP contribution in [-0.2, 0) is 0 Å². The molecule has 3 nitrogen and oxygen atoms in total. The quantitative estimate of drug-likeness (QED) is 0.311. The lowest BCUT2D eigenvalue weighted by Crippen LogP contribution is -2.01. The van der Waals surface area contributed by atoms with E-state index in [4.69, 9.17) is 0 Å². The van der Waals surface area contributed by atoms with Crippen LogP contribution < -0.4 is 0 Å². The zero-order valence-corrected chi connectivity index (χ0v) is 17.7. The summed E-state index contributed by atoms with van der Waals surface area (Å²) in [7, 11) is 0. The van der Waals surface area contributed by atoms with Gasteiger partial charge in [0.25, 0.3) is 0 Å². The molecule has 0 aliphatic heterocycles. The van der Waals surface area contributed by atoms with Gasteiger partial charge in [0.05, 0.1) is 5.56 Å². The Morgan fingerprint density at radius 2 is 1.34 bits per heavy atom. The van der Waals surface area contributed by atoms with Crippen LogP contribution >= 0.6 is 0 Å². The number of rotatable bonds is 6. The molecule has 0 aliphatic carbocycles. The van der Waals surface area contributed by atoms with Gasteiger partial charge in [0.1, 0.15) is 5.82 Å². The predicted molar refractivity (Wildman–Crippen MR) is 129 cm³/mol. The molecule has 32 heavy (non-hydrogen) atoms. The molecule has 1 heterocycles. The minimum Gasteiger partial charge on any atom is -0.208 e. The third-order valence-corrected chi connectivity index (χ3v) is 4.93. The fraction of sp³-hybridized carbons (Fsp3) is 0.0357. The molecule has 0 unspecified atom stereocenters. The van der Waals surface area contributed by atoms with Crippen molar-refractivity contribution in [2.24, 2.45) is 0 Å². The number of hydrogen-bond acceptors (Lipinski definition) is 3. The molecule has 0 amide bonds. The van der Waals surface area contributed by atoms with Crippen LogP contribution in [0.1, 0.15) is 12.5 Å². The first kappa shape index (κ1) is 21.1. The highest BCUT2D eigenvalue weighted by atomic mass is 19.1. The second-order valence-electron chi connectivity index (χ2n) is 7.08. The molecule has 1 aromatic heterocycles. The van der Waals surface area contributed by atoms with Crippen molar-refractivity contribution in [3.05, 3.63) is 121 Å². The Kier molecular flexibility index (Phi) is 6.42. The summed E-state index contributed by atoms with van der Waals surface area (Å²) < 4.78 is 15.2. The van der Waals surface area contributed by atoms with E-state index in [1.165, 1.54) is 6.07 Å². The zero-order chi connectivity index (χ0) is 22.3. The molecule has 0 radical (unpaired) electrons. The van der Waals surface area contributed by atoms with Crippen molar-refractivity contribution >= 4 is 5.57 Å². The lowest BCUT2D eigenvalue weighted by atomic mass is 10.0. The Morgan fingerprint density at radius 1 is 0.781 bits per heavy atom. The van der Waals surface area contributed by atoms with Crippen molar-refractivity contribution in [3.63, 3.8) is 0 Å². The SMILES string of the molecule is C=C/C(=C\C=C/C)c1ccc(-c2nc(-c3ccccc3)nc(-c3ccccc3)n2)c(F)c1. The Bertz CT molecular complexity index is 1240. The first-order valence-electron chi connectivity index (χ1n) is 10.3. The van der Waals surface area contributed by atoms with Crippen molar-refractivity contribution < 1.29 is 4.39 Å². The number of nitrogens with zero attached hydrogens (tertiary/aromatic N) is 3. The van der Waals surface area contributed by atoms with Gasteiger partial charge in [-0.05, 0) is 30.2 Å². The second kappa shape index (κ2) is 9.75. The number of benzene rings is 3. The van der Waals surface area contributed by atoms with Crippen LogP contribution in [0.2, 0.25) is 0 Å². The smallest absolute Gasteiger partial charge is 0.167 e. The molecule has 0 aliphatic rings. The molecule has 4 aromatic rings. The summed E-state index contributed by atoms with van der Waals surface area (Å²) in [6.07, 6.45) is 7.41. The molecule has 4 rings (SSSR count). The fourth-order valence-corrected chi connectivity index (χ4v) is 3.29. The molecule has 0 fully saturated rings.